The molecule has 0 radical (unpaired) electrons. The second kappa shape index (κ2) is 7.13. The van der Waals surface area contributed by atoms with Gasteiger partial charge < -0.3 is 15.2 Å². The molecule has 2 N–H and O–H groups in total. The van der Waals surface area contributed by atoms with Crippen molar-refractivity contribution in [1.82, 2.24) is 9.78 Å². The Morgan fingerprint density at radius 3 is 2.52 bits per heavy atom. The van der Waals surface area contributed by atoms with Gasteiger partial charge in [0.2, 0.25) is 0 Å². The standard InChI is InChI=1S/C16H23N3O2/c1-12-16(13(2)19(3)18-12)21-10-6-9-20-15-8-5-4-7-14(15)11-17/h4-5,7-8H,6,9-11,17H2,1-3H3. The monoisotopic (exact) mass is 289 g/mol. The molecule has 0 saturated carbocycles. The Labute approximate surface area is 125 Å². The van der Waals surface area contributed by atoms with Crippen LogP contribution in [0.15, 0.2) is 24.3 Å². The van der Waals surface area contributed by atoms with Gasteiger partial charge in [0.05, 0.1) is 18.9 Å². The average molecular weight is 289 g/mol. The lowest BCUT2D eigenvalue weighted by Crippen LogP contribution is -2.08. The lowest BCUT2D eigenvalue weighted by molar-refractivity contribution is 0.244. The second-order valence-electron chi connectivity index (χ2n) is 4.99. The number of rotatable bonds is 7. The van der Waals surface area contributed by atoms with Gasteiger partial charge in [0.1, 0.15) is 11.4 Å². The minimum Gasteiger partial charge on any atom is -0.493 e. The molecule has 0 bridgehead atoms. The van der Waals surface area contributed by atoms with Crippen molar-refractivity contribution < 1.29 is 9.47 Å². The highest BCUT2D eigenvalue weighted by Gasteiger charge is 2.10. The fraction of sp³-hybridized carbons (Fsp3) is 0.438. The third kappa shape index (κ3) is 3.76. The SMILES string of the molecule is Cc1nn(C)c(C)c1OCCCOc1ccccc1CN. The maximum absolute atomic E-state index is 5.79. The van der Waals surface area contributed by atoms with Crippen LogP contribution < -0.4 is 15.2 Å². The van der Waals surface area contributed by atoms with E-state index < -0.39 is 0 Å². The van der Waals surface area contributed by atoms with Crippen LogP contribution in [0.1, 0.15) is 23.4 Å². The summed E-state index contributed by atoms with van der Waals surface area (Å²) in [6.45, 7) is 5.66. The molecule has 0 saturated heterocycles. The summed E-state index contributed by atoms with van der Waals surface area (Å²) in [6.07, 6.45) is 0.812. The number of nitrogens with two attached hydrogens (primary N) is 1. The van der Waals surface area contributed by atoms with Crippen LogP contribution in [0, 0.1) is 13.8 Å². The van der Waals surface area contributed by atoms with Crippen molar-refractivity contribution in [3.05, 3.63) is 41.2 Å². The molecule has 0 atom stereocenters. The molecule has 21 heavy (non-hydrogen) atoms. The molecule has 0 fully saturated rings. The molecule has 1 heterocycles. The van der Waals surface area contributed by atoms with Gasteiger partial charge in [-0.3, -0.25) is 4.68 Å². The Morgan fingerprint density at radius 1 is 1.14 bits per heavy atom. The van der Waals surface area contributed by atoms with Crippen molar-refractivity contribution in [2.75, 3.05) is 13.2 Å². The number of benzene rings is 1. The maximum atomic E-state index is 5.79. The van der Waals surface area contributed by atoms with Crippen molar-refractivity contribution in [3.8, 4) is 11.5 Å². The van der Waals surface area contributed by atoms with Crippen molar-refractivity contribution in [2.45, 2.75) is 26.8 Å². The molecule has 0 amide bonds. The minimum absolute atomic E-state index is 0.487. The maximum Gasteiger partial charge on any atom is 0.162 e. The molecule has 5 heteroatoms. The molecule has 114 valence electrons. The van der Waals surface area contributed by atoms with E-state index in [0.717, 1.165) is 34.9 Å². The number of hydrogen-bond donors (Lipinski definition) is 1. The Bertz CT molecular complexity index is 593. The first-order valence-corrected chi connectivity index (χ1v) is 7.17. The highest BCUT2D eigenvalue weighted by Crippen LogP contribution is 2.21. The predicted octanol–water partition coefficient (Wildman–Crippen LogP) is 2.34. The third-order valence-electron chi connectivity index (χ3n) is 3.43. The first-order valence-electron chi connectivity index (χ1n) is 7.17. The quantitative estimate of drug-likeness (QED) is 0.795. The molecule has 1 aromatic heterocycles. The van der Waals surface area contributed by atoms with Gasteiger partial charge in [0, 0.05) is 25.6 Å². The van der Waals surface area contributed by atoms with E-state index in [1.54, 1.807) is 0 Å². The summed E-state index contributed by atoms with van der Waals surface area (Å²) in [4.78, 5) is 0. The Kier molecular flexibility index (Phi) is 5.22. The minimum atomic E-state index is 0.487. The summed E-state index contributed by atoms with van der Waals surface area (Å²) in [7, 11) is 1.92. The molecule has 0 aliphatic rings. The summed E-state index contributed by atoms with van der Waals surface area (Å²) >= 11 is 0. The van der Waals surface area contributed by atoms with Crippen molar-refractivity contribution >= 4 is 0 Å². The summed E-state index contributed by atoms with van der Waals surface area (Å²) < 4.78 is 13.4. The topological polar surface area (TPSA) is 62.3 Å². The zero-order valence-electron chi connectivity index (χ0n) is 12.9. The second-order valence-corrected chi connectivity index (χ2v) is 4.99. The van der Waals surface area contributed by atoms with Crippen LogP contribution in [0.4, 0.5) is 0 Å². The molecule has 2 aromatic rings. The molecule has 0 unspecified atom stereocenters. The fourth-order valence-corrected chi connectivity index (χ4v) is 2.19. The Balaban J connectivity index is 1.78. The number of para-hydroxylation sites is 1. The Morgan fingerprint density at radius 2 is 1.86 bits per heavy atom. The smallest absolute Gasteiger partial charge is 0.162 e. The summed E-state index contributed by atoms with van der Waals surface area (Å²) in [5.74, 6) is 1.73. The lowest BCUT2D eigenvalue weighted by atomic mass is 10.2. The third-order valence-corrected chi connectivity index (χ3v) is 3.43. The van der Waals surface area contributed by atoms with Gasteiger partial charge in [-0.25, -0.2) is 0 Å². The number of aromatic nitrogens is 2. The molecular weight excluding hydrogens is 266 g/mol. The molecule has 0 aliphatic carbocycles. The van der Waals surface area contributed by atoms with Gasteiger partial charge in [-0.05, 0) is 19.9 Å². The van der Waals surface area contributed by atoms with Crippen LogP contribution in [0.5, 0.6) is 11.5 Å². The van der Waals surface area contributed by atoms with E-state index in [1.165, 1.54) is 0 Å². The highest BCUT2D eigenvalue weighted by molar-refractivity contribution is 5.33. The molecule has 2 rings (SSSR count). The van der Waals surface area contributed by atoms with E-state index in [-0.39, 0.29) is 0 Å². The first kappa shape index (κ1) is 15.4. The van der Waals surface area contributed by atoms with Gasteiger partial charge in [-0.1, -0.05) is 18.2 Å². The van der Waals surface area contributed by atoms with Crippen molar-refractivity contribution in [2.24, 2.45) is 12.8 Å². The van der Waals surface area contributed by atoms with Crippen LogP contribution in [0.3, 0.4) is 0 Å². The number of hydrogen-bond acceptors (Lipinski definition) is 4. The summed E-state index contributed by atoms with van der Waals surface area (Å²) in [5, 5.41) is 4.33. The number of aryl methyl sites for hydroxylation is 2. The molecule has 0 aliphatic heterocycles. The first-order chi connectivity index (χ1) is 10.1. The average Bonchev–Trinajstić information content (AvgIpc) is 2.73. The van der Waals surface area contributed by atoms with E-state index in [2.05, 4.69) is 5.10 Å². The largest absolute Gasteiger partial charge is 0.493 e. The zero-order valence-corrected chi connectivity index (χ0v) is 12.9. The van der Waals surface area contributed by atoms with Crippen LogP contribution in [0.25, 0.3) is 0 Å². The van der Waals surface area contributed by atoms with Gasteiger partial charge in [0.15, 0.2) is 5.75 Å². The molecule has 1 aromatic carbocycles. The Hall–Kier alpha value is -2.01. The van der Waals surface area contributed by atoms with Gasteiger partial charge in [0.25, 0.3) is 0 Å². The van der Waals surface area contributed by atoms with Crippen LogP contribution in [-0.4, -0.2) is 23.0 Å². The molecular formula is C16H23N3O2. The van der Waals surface area contributed by atoms with Crippen LogP contribution in [0.2, 0.25) is 0 Å². The van der Waals surface area contributed by atoms with Crippen LogP contribution in [-0.2, 0) is 13.6 Å². The van der Waals surface area contributed by atoms with E-state index in [4.69, 9.17) is 15.2 Å². The van der Waals surface area contributed by atoms with Gasteiger partial charge in [-0.15, -0.1) is 0 Å². The molecule has 0 spiro atoms. The number of ether oxygens (including phenoxy) is 2. The van der Waals surface area contributed by atoms with Gasteiger partial charge in [-0.2, -0.15) is 5.10 Å². The number of nitrogens with zero attached hydrogens (tertiary/aromatic N) is 2. The van der Waals surface area contributed by atoms with E-state index in [9.17, 15) is 0 Å². The zero-order chi connectivity index (χ0) is 15.2. The van der Waals surface area contributed by atoms with Crippen molar-refractivity contribution in [3.63, 3.8) is 0 Å². The van der Waals surface area contributed by atoms with E-state index >= 15 is 0 Å². The van der Waals surface area contributed by atoms with Crippen molar-refractivity contribution in [1.29, 1.82) is 0 Å². The van der Waals surface area contributed by atoms with E-state index in [1.807, 2.05) is 49.8 Å². The summed E-state index contributed by atoms with van der Waals surface area (Å²) in [5.41, 5.74) is 8.67. The molecule has 5 nitrogen and oxygen atoms in total. The lowest BCUT2D eigenvalue weighted by Gasteiger charge is -2.11. The van der Waals surface area contributed by atoms with Gasteiger partial charge >= 0.3 is 0 Å². The fourth-order valence-electron chi connectivity index (χ4n) is 2.19. The summed E-state index contributed by atoms with van der Waals surface area (Å²) in [6, 6.07) is 7.84. The normalized spacial score (nSPS) is 10.7. The van der Waals surface area contributed by atoms with E-state index in [0.29, 0.717) is 19.8 Å². The predicted molar refractivity (Wildman–Crippen MR) is 82.6 cm³/mol. The highest BCUT2D eigenvalue weighted by atomic mass is 16.5. The van der Waals surface area contributed by atoms with Crippen LogP contribution >= 0.6 is 0 Å².